The Kier molecular flexibility index (Phi) is 3.77. The Hall–Kier alpha value is -1.82. The molecule has 0 aliphatic heterocycles. The number of pyridine rings is 1. The predicted octanol–water partition coefficient (Wildman–Crippen LogP) is 1.11. The first-order valence-corrected chi connectivity index (χ1v) is 6.35. The molecule has 8 nitrogen and oxygen atoms in total. The zero-order valence-electron chi connectivity index (χ0n) is 8.39. The van der Waals surface area contributed by atoms with Crippen LogP contribution in [-0.2, 0) is 9.05 Å². The topological polar surface area (TPSA) is 119 Å². The Balaban J connectivity index is 3.75. The fourth-order valence-corrected chi connectivity index (χ4v) is 2.25. The second-order valence-corrected chi connectivity index (χ2v) is 5.41. The molecule has 13 heteroatoms. The number of hydrogen-bond acceptors (Lipinski definition) is 6. The number of ether oxygens (including phenoxy) is 1. The van der Waals surface area contributed by atoms with Crippen molar-refractivity contribution in [2.45, 2.75) is 11.3 Å². The second-order valence-electron chi connectivity index (χ2n) is 2.90. The van der Waals surface area contributed by atoms with Crippen LogP contribution in [0.15, 0.2) is 15.9 Å². The molecule has 1 N–H and O–H groups in total. The maximum absolute atomic E-state index is 12.0. The summed E-state index contributed by atoms with van der Waals surface area (Å²) >= 11 is 0. The van der Waals surface area contributed by atoms with E-state index in [1.807, 2.05) is 0 Å². The number of H-pyrrole nitrogens is 1. The predicted molar refractivity (Wildman–Crippen MR) is 53.4 cm³/mol. The first-order chi connectivity index (χ1) is 8.43. The second kappa shape index (κ2) is 4.70. The lowest BCUT2D eigenvalue weighted by molar-refractivity contribution is -0.388. The molecule has 0 aliphatic carbocycles. The van der Waals surface area contributed by atoms with Crippen molar-refractivity contribution in [2.24, 2.45) is 0 Å². The van der Waals surface area contributed by atoms with Gasteiger partial charge in [0, 0.05) is 10.7 Å². The summed E-state index contributed by atoms with van der Waals surface area (Å²) in [7, 11) is -0.237. The van der Waals surface area contributed by atoms with Gasteiger partial charge in [0.1, 0.15) is 0 Å². The van der Waals surface area contributed by atoms with Crippen molar-refractivity contribution in [3.8, 4) is 5.75 Å². The van der Waals surface area contributed by atoms with Crippen molar-refractivity contribution in [3.05, 3.63) is 26.7 Å². The molecule has 0 atom stereocenters. The van der Waals surface area contributed by atoms with Gasteiger partial charge in [-0.3, -0.25) is 14.9 Å². The molecule has 0 saturated heterocycles. The summed E-state index contributed by atoms with van der Waals surface area (Å²) in [4.78, 5) is 20.2. The fraction of sp³-hybridized carbons (Fsp3) is 0.167. The molecule has 19 heavy (non-hydrogen) atoms. The molecule has 0 saturated carbocycles. The highest BCUT2D eigenvalue weighted by molar-refractivity contribution is 8.14. The van der Waals surface area contributed by atoms with Gasteiger partial charge in [0.25, 0.3) is 14.6 Å². The van der Waals surface area contributed by atoms with Gasteiger partial charge in [-0.05, 0) is 0 Å². The van der Waals surface area contributed by atoms with Crippen LogP contribution >= 0.6 is 10.7 Å². The van der Waals surface area contributed by atoms with E-state index in [0.717, 1.165) is 0 Å². The third kappa shape index (κ3) is 3.57. The largest absolute Gasteiger partial charge is 0.573 e. The lowest BCUT2D eigenvalue weighted by Gasteiger charge is -2.10. The molecule has 0 amide bonds. The molecule has 0 spiro atoms. The minimum Gasteiger partial charge on any atom is -0.398 e. The van der Waals surface area contributed by atoms with Crippen LogP contribution in [0.2, 0.25) is 0 Å². The van der Waals surface area contributed by atoms with Crippen LogP contribution in [0.1, 0.15) is 0 Å². The Labute approximate surface area is 106 Å². The lowest BCUT2D eigenvalue weighted by atomic mass is 10.4. The Bertz CT molecular complexity index is 681. The van der Waals surface area contributed by atoms with E-state index < -0.39 is 42.2 Å². The monoisotopic (exact) mass is 322 g/mol. The zero-order valence-corrected chi connectivity index (χ0v) is 9.97. The summed E-state index contributed by atoms with van der Waals surface area (Å²) in [6, 6.07) is 0. The van der Waals surface area contributed by atoms with Gasteiger partial charge in [-0.15, -0.1) is 13.2 Å². The molecule has 1 aromatic heterocycles. The van der Waals surface area contributed by atoms with E-state index in [0.29, 0.717) is 6.20 Å². The van der Waals surface area contributed by atoms with Gasteiger partial charge in [-0.1, -0.05) is 0 Å². The fourth-order valence-electron chi connectivity index (χ4n) is 1.06. The summed E-state index contributed by atoms with van der Waals surface area (Å²) in [5.41, 5.74) is -2.99. The third-order valence-corrected chi connectivity index (χ3v) is 2.99. The Morgan fingerprint density at radius 3 is 2.32 bits per heavy atom. The highest BCUT2D eigenvalue weighted by Gasteiger charge is 2.39. The van der Waals surface area contributed by atoms with Crippen LogP contribution in [0.3, 0.4) is 0 Å². The maximum atomic E-state index is 12.0. The van der Waals surface area contributed by atoms with Crippen LogP contribution in [-0.4, -0.2) is 24.7 Å². The molecule has 106 valence electrons. The average molecular weight is 323 g/mol. The summed E-state index contributed by atoms with van der Waals surface area (Å²) in [5.74, 6) is -1.82. The number of halogens is 4. The van der Waals surface area contributed by atoms with E-state index in [9.17, 15) is 36.5 Å². The van der Waals surface area contributed by atoms with Gasteiger partial charge in [-0.25, -0.2) is 8.42 Å². The molecule has 0 radical (unpaired) electrons. The maximum Gasteiger partial charge on any atom is 0.573 e. The molecule has 1 rings (SSSR count). The van der Waals surface area contributed by atoms with Crippen LogP contribution in [0.4, 0.5) is 18.9 Å². The molecule has 0 unspecified atom stereocenters. The van der Waals surface area contributed by atoms with Gasteiger partial charge in [0.2, 0.25) is 10.6 Å². The van der Waals surface area contributed by atoms with Crippen LogP contribution < -0.4 is 10.3 Å². The van der Waals surface area contributed by atoms with Gasteiger partial charge in [0.05, 0.1) is 11.1 Å². The van der Waals surface area contributed by atoms with E-state index >= 15 is 0 Å². The quantitative estimate of drug-likeness (QED) is 0.505. The molecule has 0 fully saturated rings. The first-order valence-electron chi connectivity index (χ1n) is 4.04. The number of aromatic nitrogens is 1. The number of nitrogens with zero attached hydrogens (tertiary/aromatic N) is 1. The van der Waals surface area contributed by atoms with Crippen molar-refractivity contribution in [3.63, 3.8) is 0 Å². The minimum absolute atomic E-state index is 0.292. The molecule has 1 aromatic rings. The van der Waals surface area contributed by atoms with E-state index in [-0.39, 0.29) is 0 Å². The smallest absolute Gasteiger partial charge is 0.398 e. The summed E-state index contributed by atoms with van der Waals surface area (Å²) in [6.07, 6.45) is -5.14. The highest BCUT2D eigenvalue weighted by atomic mass is 35.7. The molecule has 0 aromatic carbocycles. The number of nitrogens with one attached hydrogen (secondary N) is 1. The Morgan fingerprint density at radius 2 is 1.95 bits per heavy atom. The number of alkyl halides is 3. The van der Waals surface area contributed by atoms with Crippen LogP contribution in [0.25, 0.3) is 0 Å². The molecular weight excluding hydrogens is 321 g/mol. The average Bonchev–Trinajstić information content (AvgIpc) is 2.16. The number of aromatic amines is 1. The van der Waals surface area contributed by atoms with E-state index in [1.54, 1.807) is 0 Å². The summed E-state index contributed by atoms with van der Waals surface area (Å²) < 4.78 is 61.4. The van der Waals surface area contributed by atoms with Gasteiger partial charge in [-0.2, -0.15) is 0 Å². The number of nitro groups is 1. The van der Waals surface area contributed by atoms with Gasteiger partial charge >= 0.3 is 12.0 Å². The van der Waals surface area contributed by atoms with Crippen molar-refractivity contribution >= 4 is 25.4 Å². The lowest BCUT2D eigenvalue weighted by Crippen LogP contribution is -2.25. The molecule has 0 aliphatic rings. The standard InChI is InChI=1S/C6H2ClF3N2O6S/c7-19(16,17)4-2(12(14)15)1-11-5(13)3(4)18-6(8,9)10/h1H,(H,11,13). The van der Waals surface area contributed by atoms with Crippen molar-refractivity contribution in [1.82, 2.24) is 4.98 Å². The Morgan fingerprint density at radius 1 is 1.42 bits per heavy atom. The SMILES string of the molecule is O=c1[nH]cc([N+](=O)[O-])c(S(=O)(=O)Cl)c1OC(F)(F)F. The summed E-state index contributed by atoms with van der Waals surface area (Å²) in [5, 5.41) is 10.5. The molecule has 0 bridgehead atoms. The molecule has 1 heterocycles. The van der Waals surface area contributed by atoms with E-state index in [2.05, 4.69) is 4.74 Å². The van der Waals surface area contributed by atoms with Crippen LogP contribution in [0.5, 0.6) is 5.75 Å². The first kappa shape index (κ1) is 15.2. The zero-order chi connectivity index (χ0) is 15.0. The van der Waals surface area contributed by atoms with E-state index in [4.69, 9.17) is 10.7 Å². The van der Waals surface area contributed by atoms with Crippen LogP contribution in [0, 0.1) is 10.1 Å². The number of rotatable bonds is 3. The normalized spacial score (nSPS) is 12.2. The third-order valence-electron chi connectivity index (χ3n) is 1.64. The minimum atomic E-state index is -5.43. The van der Waals surface area contributed by atoms with Gasteiger partial charge < -0.3 is 9.72 Å². The van der Waals surface area contributed by atoms with Crippen molar-refractivity contribution < 1.29 is 31.2 Å². The number of hydrogen-bond donors (Lipinski definition) is 1. The highest BCUT2D eigenvalue weighted by Crippen LogP contribution is 2.34. The molecular formula is C6H2ClF3N2O6S. The summed E-state index contributed by atoms with van der Waals surface area (Å²) in [6.45, 7) is 0. The van der Waals surface area contributed by atoms with Crippen molar-refractivity contribution in [2.75, 3.05) is 0 Å². The van der Waals surface area contributed by atoms with Crippen molar-refractivity contribution in [1.29, 1.82) is 0 Å². The van der Waals surface area contributed by atoms with Gasteiger partial charge in [0.15, 0.2) is 0 Å². The van der Waals surface area contributed by atoms with E-state index in [1.165, 1.54) is 4.98 Å².